The maximum Gasteiger partial charge on any atom is 0.191 e. The molecule has 2 aliphatic heterocycles. The highest BCUT2D eigenvalue weighted by Crippen LogP contribution is 2.18. The van der Waals surface area contributed by atoms with Crippen LogP contribution in [0.4, 0.5) is 0 Å². The Hall–Kier alpha value is -0.0800. The number of halogens is 1. The summed E-state index contributed by atoms with van der Waals surface area (Å²) in [6.45, 7) is 9.58. The number of nitrogens with two attached hydrogens (primary N) is 1. The minimum Gasteiger partial charge on any atom is -0.383 e. The second-order valence-corrected chi connectivity index (χ2v) is 6.67. The van der Waals surface area contributed by atoms with Gasteiger partial charge in [-0.15, -0.1) is 24.0 Å². The normalized spacial score (nSPS) is 25.1. The SMILES string of the molecule is COCCN1CCC(CN=C(N)N2CCCC(C)C2)CC1.I. The molecule has 2 fully saturated rings. The lowest BCUT2D eigenvalue weighted by Gasteiger charge is -2.33. The van der Waals surface area contributed by atoms with Gasteiger partial charge < -0.3 is 20.3 Å². The Morgan fingerprint density at radius 1 is 1.23 bits per heavy atom. The van der Waals surface area contributed by atoms with Gasteiger partial charge >= 0.3 is 0 Å². The Bertz CT molecular complexity index is 332. The third kappa shape index (κ3) is 6.58. The van der Waals surface area contributed by atoms with Crippen LogP contribution in [-0.4, -0.2) is 68.7 Å². The van der Waals surface area contributed by atoms with E-state index >= 15 is 0 Å². The van der Waals surface area contributed by atoms with Crippen LogP contribution in [0.25, 0.3) is 0 Å². The second-order valence-electron chi connectivity index (χ2n) is 6.67. The maximum absolute atomic E-state index is 6.17. The standard InChI is InChI=1S/C16H32N4O.HI/c1-14-4-3-7-20(13-14)16(17)18-12-15-5-8-19(9-6-15)10-11-21-2;/h14-15H,3-13H2,1-2H3,(H2,17,18);1H. The zero-order valence-electron chi connectivity index (χ0n) is 14.2. The smallest absolute Gasteiger partial charge is 0.191 e. The van der Waals surface area contributed by atoms with Gasteiger partial charge in [0.1, 0.15) is 0 Å². The Morgan fingerprint density at radius 2 is 1.95 bits per heavy atom. The third-order valence-electron chi connectivity index (χ3n) is 4.81. The fraction of sp³-hybridized carbons (Fsp3) is 0.938. The Kier molecular flexibility index (Phi) is 9.66. The fourth-order valence-corrected chi connectivity index (χ4v) is 3.33. The Balaban J connectivity index is 0.00000242. The van der Waals surface area contributed by atoms with E-state index in [9.17, 15) is 0 Å². The summed E-state index contributed by atoms with van der Waals surface area (Å²) >= 11 is 0. The topological polar surface area (TPSA) is 54.1 Å². The molecule has 2 heterocycles. The number of rotatable bonds is 5. The molecule has 0 aromatic carbocycles. The molecule has 0 amide bonds. The van der Waals surface area contributed by atoms with Gasteiger partial charge in [-0.3, -0.25) is 4.99 Å². The number of guanidine groups is 1. The molecule has 2 rings (SSSR count). The number of ether oxygens (including phenoxy) is 1. The van der Waals surface area contributed by atoms with Crippen LogP contribution < -0.4 is 5.73 Å². The molecule has 2 aliphatic rings. The van der Waals surface area contributed by atoms with Crippen molar-refractivity contribution in [1.82, 2.24) is 9.80 Å². The first-order valence-corrected chi connectivity index (χ1v) is 8.45. The number of hydrogen-bond donors (Lipinski definition) is 1. The largest absolute Gasteiger partial charge is 0.383 e. The molecule has 2 N–H and O–H groups in total. The van der Waals surface area contributed by atoms with Crippen LogP contribution in [-0.2, 0) is 4.74 Å². The summed E-state index contributed by atoms with van der Waals surface area (Å²) in [6.07, 6.45) is 5.03. The maximum atomic E-state index is 6.17. The van der Waals surface area contributed by atoms with E-state index in [2.05, 4.69) is 21.7 Å². The first-order chi connectivity index (χ1) is 10.2. The number of hydrogen-bond acceptors (Lipinski definition) is 3. The molecule has 1 unspecified atom stereocenters. The highest BCUT2D eigenvalue weighted by molar-refractivity contribution is 14.0. The van der Waals surface area contributed by atoms with Crippen molar-refractivity contribution in [1.29, 1.82) is 0 Å². The fourth-order valence-electron chi connectivity index (χ4n) is 3.33. The molecule has 0 saturated carbocycles. The summed E-state index contributed by atoms with van der Waals surface area (Å²) in [6, 6.07) is 0. The quantitative estimate of drug-likeness (QED) is 0.417. The summed E-state index contributed by atoms with van der Waals surface area (Å²) in [4.78, 5) is 9.42. The highest BCUT2D eigenvalue weighted by Gasteiger charge is 2.20. The van der Waals surface area contributed by atoms with E-state index in [0.717, 1.165) is 44.7 Å². The summed E-state index contributed by atoms with van der Waals surface area (Å²) in [5.41, 5.74) is 6.17. The van der Waals surface area contributed by atoms with Crippen molar-refractivity contribution in [2.24, 2.45) is 22.6 Å². The lowest BCUT2D eigenvalue weighted by molar-refractivity contribution is 0.121. The van der Waals surface area contributed by atoms with Crippen LogP contribution >= 0.6 is 24.0 Å². The summed E-state index contributed by atoms with van der Waals surface area (Å²) in [5, 5.41) is 0. The predicted molar refractivity (Wildman–Crippen MR) is 103 cm³/mol. The van der Waals surface area contributed by atoms with Crippen LogP contribution in [0.5, 0.6) is 0 Å². The van der Waals surface area contributed by atoms with Gasteiger partial charge in [-0.1, -0.05) is 6.92 Å². The number of nitrogens with zero attached hydrogens (tertiary/aromatic N) is 3. The minimum atomic E-state index is 0. The van der Waals surface area contributed by atoms with Crippen LogP contribution in [0.15, 0.2) is 4.99 Å². The van der Waals surface area contributed by atoms with E-state index in [-0.39, 0.29) is 24.0 Å². The first kappa shape index (κ1) is 20.0. The van der Waals surface area contributed by atoms with Crippen molar-refractivity contribution in [3.05, 3.63) is 0 Å². The molecular formula is C16H33IN4O. The molecule has 6 heteroatoms. The van der Waals surface area contributed by atoms with Crippen molar-refractivity contribution in [3.63, 3.8) is 0 Å². The summed E-state index contributed by atoms with van der Waals surface area (Å²) < 4.78 is 5.14. The predicted octanol–water partition coefficient (Wildman–Crippen LogP) is 2.01. The Morgan fingerprint density at radius 3 is 2.59 bits per heavy atom. The molecule has 1 atom stereocenters. The van der Waals surface area contributed by atoms with Crippen LogP contribution in [0, 0.1) is 11.8 Å². The van der Waals surface area contributed by atoms with Gasteiger partial charge in [0.15, 0.2) is 5.96 Å². The molecule has 2 saturated heterocycles. The molecule has 0 aromatic heterocycles. The van der Waals surface area contributed by atoms with Gasteiger partial charge in [0, 0.05) is 33.3 Å². The molecule has 0 spiro atoms. The molecule has 0 aliphatic carbocycles. The van der Waals surface area contributed by atoms with Crippen molar-refractivity contribution in [3.8, 4) is 0 Å². The van der Waals surface area contributed by atoms with Crippen LogP contribution in [0.2, 0.25) is 0 Å². The molecule has 0 bridgehead atoms. The first-order valence-electron chi connectivity index (χ1n) is 8.45. The van der Waals surface area contributed by atoms with Crippen molar-refractivity contribution < 1.29 is 4.74 Å². The molecule has 0 aromatic rings. The average Bonchev–Trinajstić information content (AvgIpc) is 2.51. The molecule has 5 nitrogen and oxygen atoms in total. The van der Waals surface area contributed by atoms with Gasteiger partial charge in [-0.2, -0.15) is 0 Å². The van der Waals surface area contributed by atoms with E-state index in [1.165, 1.54) is 38.8 Å². The molecular weight excluding hydrogens is 391 g/mol. The van der Waals surface area contributed by atoms with E-state index in [0.29, 0.717) is 5.92 Å². The minimum absolute atomic E-state index is 0. The van der Waals surface area contributed by atoms with Crippen molar-refractivity contribution in [2.45, 2.75) is 32.6 Å². The van der Waals surface area contributed by atoms with E-state index in [4.69, 9.17) is 10.5 Å². The van der Waals surface area contributed by atoms with Gasteiger partial charge in [-0.05, 0) is 50.6 Å². The average molecular weight is 424 g/mol. The number of likely N-dealkylation sites (tertiary alicyclic amines) is 2. The van der Waals surface area contributed by atoms with Gasteiger partial charge in [0.2, 0.25) is 0 Å². The number of aliphatic imine (C=N–C) groups is 1. The zero-order chi connectivity index (χ0) is 15.1. The zero-order valence-corrected chi connectivity index (χ0v) is 16.5. The second kappa shape index (κ2) is 10.6. The van der Waals surface area contributed by atoms with E-state index in [1.807, 2.05) is 0 Å². The lowest BCUT2D eigenvalue weighted by atomic mass is 9.97. The van der Waals surface area contributed by atoms with Gasteiger partial charge in [-0.25, -0.2) is 0 Å². The van der Waals surface area contributed by atoms with Crippen molar-refractivity contribution in [2.75, 3.05) is 53.0 Å². The lowest BCUT2D eigenvalue weighted by Crippen LogP contribution is -2.44. The van der Waals surface area contributed by atoms with Crippen LogP contribution in [0.1, 0.15) is 32.6 Å². The summed E-state index contributed by atoms with van der Waals surface area (Å²) in [5.74, 6) is 2.21. The van der Waals surface area contributed by atoms with Crippen LogP contribution in [0.3, 0.4) is 0 Å². The van der Waals surface area contributed by atoms with Crippen molar-refractivity contribution >= 4 is 29.9 Å². The monoisotopic (exact) mass is 424 g/mol. The van der Waals surface area contributed by atoms with Gasteiger partial charge in [0.25, 0.3) is 0 Å². The molecule has 22 heavy (non-hydrogen) atoms. The number of piperidine rings is 2. The molecule has 130 valence electrons. The summed E-state index contributed by atoms with van der Waals surface area (Å²) in [7, 11) is 1.77. The highest BCUT2D eigenvalue weighted by atomic mass is 127. The van der Waals surface area contributed by atoms with E-state index < -0.39 is 0 Å². The number of methoxy groups -OCH3 is 1. The third-order valence-corrected chi connectivity index (χ3v) is 4.81. The van der Waals surface area contributed by atoms with Gasteiger partial charge in [0.05, 0.1) is 6.61 Å². The van der Waals surface area contributed by atoms with E-state index in [1.54, 1.807) is 7.11 Å². The molecule has 0 radical (unpaired) electrons. The Labute approximate surface area is 152 Å².